The average molecular weight is 323 g/mol. The minimum atomic E-state index is -0.572. The van der Waals surface area contributed by atoms with Gasteiger partial charge in [-0.1, -0.05) is 0 Å². The first-order chi connectivity index (χ1) is 10.5. The average Bonchev–Trinajstić information content (AvgIpc) is 2.66. The molecule has 1 N–H and O–H groups in total. The van der Waals surface area contributed by atoms with Crippen molar-refractivity contribution < 1.29 is 4.79 Å². The van der Waals surface area contributed by atoms with Crippen LogP contribution in [-0.4, -0.2) is 29.7 Å². The second kappa shape index (κ2) is 5.25. The third-order valence-electron chi connectivity index (χ3n) is 3.54. The molecule has 0 atom stereocenters. The molecule has 2 rings (SSSR count). The number of fused-ring (bicyclic) bond motifs is 1. The van der Waals surface area contributed by atoms with Gasteiger partial charge in [0, 0.05) is 26.7 Å². The normalized spacial score (nSPS) is 11.9. The number of aryl methyl sites for hydroxylation is 2. The molecule has 2 aromatic rings. The van der Waals surface area contributed by atoms with Crippen molar-refractivity contribution in [1.82, 2.24) is 23.6 Å². The van der Waals surface area contributed by atoms with E-state index in [9.17, 15) is 19.2 Å². The Labute approximate surface area is 131 Å². The lowest BCUT2D eigenvalue weighted by Gasteiger charge is -2.20. The van der Waals surface area contributed by atoms with Gasteiger partial charge in [-0.25, -0.2) is 9.59 Å². The van der Waals surface area contributed by atoms with Crippen LogP contribution in [0.4, 0.5) is 0 Å². The minimum absolute atomic E-state index is 0.0863. The molecule has 1 amide bonds. The van der Waals surface area contributed by atoms with E-state index in [2.05, 4.69) is 5.32 Å². The molecule has 126 valence electrons. The van der Waals surface area contributed by atoms with Gasteiger partial charge in [0.2, 0.25) is 5.91 Å². The lowest BCUT2D eigenvalue weighted by Crippen LogP contribution is -2.43. The van der Waals surface area contributed by atoms with Crippen molar-refractivity contribution in [2.45, 2.75) is 32.9 Å². The highest BCUT2D eigenvalue weighted by molar-refractivity contribution is 5.79. The number of hydrogen-bond acceptors (Lipinski definition) is 4. The number of hydrogen-bond donors (Lipinski definition) is 1. The van der Waals surface area contributed by atoms with E-state index in [-0.39, 0.29) is 23.6 Å². The van der Waals surface area contributed by atoms with Crippen LogP contribution in [0.25, 0.3) is 11.2 Å². The third-order valence-corrected chi connectivity index (χ3v) is 3.54. The van der Waals surface area contributed by atoms with Gasteiger partial charge in [0.15, 0.2) is 11.2 Å². The zero-order valence-corrected chi connectivity index (χ0v) is 14.1. The molecule has 2 heterocycles. The van der Waals surface area contributed by atoms with E-state index < -0.39 is 22.5 Å². The van der Waals surface area contributed by atoms with Gasteiger partial charge in [0.05, 0.1) is 0 Å². The maximum Gasteiger partial charge on any atom is 0.332 e. The Bertz CT molecular complexity index is 965. The van der Waals surface area contributed by atoms with E-state index in [0.29, 0.717) is 0 Å². The Morgan fingerprint density at radius 1 is 0.957 bits per heavy atom. The molecule has 0 bridgehead atoms. The molecule has 0 unspecified atom stereocenters. The molecule has 0 aromatic carbocycles. The number of nitrogens with one attached hydrogen (secondary N) is 1. The van der Waals surface area contributed by atoms with E-state index in [1.165, 1.54) is 25.7 Å². The van der Waals surface area contributed by atoms with E-state index >= 15 is 0 Å². The van der Waals surface area contributed by atoms with Crippen LogP contribution in [-0.2, 0) is 32.5 Å². The number of carbonyl (C=O) groups excluding carboxylic acids is 1. The van der Waals surface area contributed by atoms with Gasteiger partial charge >= 0.3 is 11.4 Å². The number of imidazole rings is 1. The molecule has 0 aliphatic heterocycles. The highest BCUT2D eigenvalue weighted by Crippen LogP contribution is 2.06. The third kappa shape index (κ3) is 2.73. The molecule has 23 heavy (non-hydrogen) atoms. The van der Waals surface area contributed by atoms with Gasteiger partial charge in [0.25, 0.3) is 5.56 Å². The Balaban J connectivity index is 2.74. The van der Waals surface area contributed by atoms with Crippen molar-refractivity contribution in [1.29, 1.82) is 0 Å². The first-order valence-electron chi connectivity index (χ1n) is 7.12. The summed E-state index contributed by atoms with van der Waals surface area (Å²) in [5.41, 5.74) is -1.89. The number of rotatable bonds is 2. The summed E-state index contributed by atoms with van der Waals surface area (Å²) in [4.78, 5) is 48.9. The van der Waals surface area contributed by atoms with Crippen LogP contribution < -0.4 is 22.3 Å². The van der Waals surface area contributed by atoms with Crippen molar-refractivity contribution in [3.63, 3.8) is 0 Å². The monoisotopic (exact) mass is 323 g/mol. The Hall–Kier alpha value is -2.58. The summed E-state index contributed by atoms with van der Waals surface area (Å²) in [6.45, 7) is 5.20. The van der Waals surface area contributed by atoms with Gasteiger partial charge in [-0.15, -0.1) is 0 Å². The molecule has 0 fully saturated rings. The molecule has 0 aliphatic carbocycles. The summed E-state index contributed by atoms with van der Waals surface area (Å²) in [7, 11) is 4.24. The van der Waals surface area contributed by atoms with Gasteiger partial charge in [-0.3, -0.25) is 27.9 Å². The molecular formula is C14H21N5O4. The topological polar surface area (TPSA) is 100 Å². The first-order valence-corrected chi connectivity index (χ1v) is 7.12. The second-order valence-electron chi connectivity index (χ2n) is 6.60. The fourth-order valence-electron chi connectivity index (χ4n) is 2.53. The van der Waals surface area contributed by atoms with E-state index in [1.807, 2.05) is 20.8 Å². The van der Waals surface area contributed by atoms with Crippen LogP contribution in [0, 0.1) is 0 Å². The maximum atomic E-state index is 12.4. The minimum Gasteiger partial charge on any atom is -0.350 e. The van der Waals surface area contributed by atoms with E-state index in [1.54, 1.807) is 0 Å². The highest BCUT2D eigenvalue weighted by atomic mass is 16.2. The summed E-state index contributed by atoms with van der Waals surface area (Å²) in [6, 6.07) is 0. The van der Waals surface area contributed by atoms with Gasteiger partial charge < -0.3 is 5.32 Å². The molecule has 2 aromatic heterocycles. The lowest BCUT2D eigenvalue weighted by atomic mass is 10.1. The number of aromatic nitrogens is 4. The summed E-state index contributed by atoms with van der Waals surface area (Å²) >= 11 is 0. The molecule has 0 saturated carbocycles. The van der Waals surface area contributed by atoms with Crippen LogP contribution >= 0.6 is 0 Å². The number of nitrogens with zero attached hydrogens (tertiary/aromatic N) is 4. The quantitative estimate of drug-likeness (QED) is 0.738. The van der Waals surface area contributed by atoms with Crippen LogP contribution in [0.3, 0.4) is 0 Å². The standard InChI is InChI=1S/C14H21N5O4/c1-14(2,3)15-8(20)7-19-10-9(16(4)13(19)23)11(21)18(6)12(22)17(10)5/h7H2,1-6H3,(H,15,20). The summed E-state index contributed by atoms with van der Waals surface area (Å²) in [5, 5.41) is 2.75. The van der Waals surface area contributed by atoms with Crippen LogP contribution in [0.5, 0.6) is 0 Å². The SMILES string of the molecule is Cn1c(=O)c2c(n(C)c1=O)n(CC(=O)NC(C)(C)C)c(=O)n2C. The summed E-state index contributed by atoms with van der Waals surface area (Å²) < 4.78 is 4.42. The summed E-state index contributed by atoms with van der Waals surface area (Å²) in [6.07, 6.45) is 0. The fourth-order valence-corrected chi connectivity index (χ4v) is 2.53. The van der Waals surface area contributed by atoms with Crippen LogP contribution in [0.15, 0.2) is 14.4 Å². The van der Waals surface area contributed by atoms with Crippen molar-refractivity contribution in [2.24, 2.45) is 21.1 Å². The lowest BCUT2D eigenvalue weighted by molar-refractivity contribution is -0.123. The zero-order chi connectivity index (χ0) is 17.7. The van der Waals surface area contributed by atoms with Crippen LogP contribution in [0.2, 0.25) is 0 Å². The molecule has 9 nitrogen and oxygen atoms in total. The predicted octanol–water partition coefficient (Wildman–Crippen LogP) is -1.35. The maximum absolute atomic E-state index is 12.4. The predicted molar refractivity (Wildman–Crippen MR) is 85.6 cm³/mol. The molecule has 0 radical (unpaired) electrons. The molecular weight excluding hydrogens is 302 g/mol. The second-order valence-corrected chi connectivity index (χ2v) is 6.60. The summed E-state index contributed by atoms with van der Waals surface area (Å²) in [5.74, 6) is -0.375. The molecule has 9 heteroatoms. The molecule has 0 spiro atoms. The van der Waals surface area contributed by atoms with Crippen molar-refractivity contribution in [2.75, 3.05) is 0 Å². The zero-order valence-electron chi connectivity index (χ0n) is 14.1. The Kier molecular flexibility index (Phi) is 3.83. The Morgan fingerprint density at radius 2 is 1.52 bits per heavy atom. The smallest absolute Gasteiger partial charge is 0.332 e. The first kappa shape index (κ1) is 16.8. The Morgan fingerprint density at radius 3 is 2.04 bits per heavy atom. The van der Waals surface area contributed by atoms with Gasteiger partial charge in [0.1, 0.15) is 6.54 Å². The van der Waals surface area contributed by atoms with E-state index in [4.69, 9.17) is 0 Å². The van der Waals surface area contributed by atoms with Crippen LogP contribution in [0.1, 0.15) is 20.8 Å². The fraction of sp³-hybridized carbons (Fsp3) is 0.571. The van der Waals surface area contributed by atoms with Gasteiger partial charge in [-0.05, 0) is 20.8 Å². The van der Waals surface area contributed by atoms with Crippen molar-refractivity contribution in [3.8, 4) is 0 Å². The molecule has 0 saturated heterocycles. The number of carbonyl (C=O) groups is 1. The van der Waals surface area contributed by atoms with Gasteiger partial charge in [-0.2, -0.15) is 0 Å². The van der Waals surface area contributed by atoms with Crippen molar-refractivity contribution >= 4 is 17.1 Å². The highest BCUT2D eigenvalue weighted by Gasteiger charge is 2.22. The largest absolute Gasteiger partial charge is 0.350 e. The number of amides is 1. The van der Waals surface area contributed by atoms with Crippen molar-refractivity contribution in [3.05, 3.63) is 31.3 Å². The van der Waals surface area contributed by atoms with E-state index in [0.717, 1.165) is 13.7 Å². The molecule has 0 aliphatic rings.